The van der Waals surface area contributed by atoms with Crippen molar-refractivity contribution in [2.24, 2.45) is 0 Å². The fraction of sp³-hybridized carbons (Fsp3) is 0.0526. The van der Waals surface area contributed by atoms with Crippen LogP contribution in [0.25, 0.3) is 16.7 Å². The number of fused-ring (bicyclic) bond motifs is 1. The summed E-state index contributed by atoms with van der Waals surface area (Å²) in [7, 11) is 0. The van der Waals surface area contributed by atoms with E-state index in [0.717, 1.165) is 16.2 Å². The lowest BCUT2D eigenvalue weighted by Gasteiger charge is -2.06. The quantitative estimate of drug-likeness (QED) is 0.179. The van der Waals surface area contributed by atoms with Gasteiger partial charge < -0.3 is 10.3 Å². The maximum atomic E-state index is 12.4. The second kappa shape index (κ2) is 8.70. The second-order valence-electron chi connectivity index (χ2n) is 6.28. The number of hydrogen-bond acceptors (Lipinski definition) is 7. The van der Waals surface area contributed by atoms with Gasteiger partial charge in [-0.1, -0.05) is 27.7 Å². The molecule has 0 aliphatic carbocycles. The Kier molecular flexibility index (Phi) is 5.82. The van der Waals surface area contributed by atoms with E-state index in [9.17, 15) is 19.7 Å². The predicted octanol–water partition coefficient (Wildman–Crippen LogP) is 3.51. The van der Waals surface area contributed by atoms with Gasteiger partial charge in [0.25, 0.3) is 11.2 Å². The van der Waals surface area contributed by atoms with Crippen molar-refractivity contribution in [1.29, 1.82) is 0 Å². The molecule has 2 aromatic carbocycles. The monoisotopic (exact) mass is 500 g/mol. The number of nitrogens with zero attached hydrogens (tertiary/aromatic N) is 4. The molecule has 4 rings (SSSR count). The Bertz CT molecular complexity index is 1330. The summed E-state index contributed by atoms with van der Waals surface area (Å²) in [4.78, 5) is 42.0. The summed E-state index contributed by atoms with van der Waals surface area (Å²) >= 11 is 4.41. The average molecular weight is 501 g/mol. The molecule has 31 heavy (non-hydrogen) atoms. The third-order valence-corrected chi connectivity index (χ3v) is 5.59. The van der Waals surface area contributed by atoms with E-state index >= 15 is 0 Å². The molecule has 156 valence electrons. The zero-order chi connectivity index (χ0) is 22.0. The van der Waals surface area contributed by atoms with Gasteiger partial charge in [-0.05, 0) is 36.4 Å². The maximum absolute atomic E-state index is 12.4. The number of aromatic nitrogens is 4. The van der Waals surface area contributed by atoms with Crippen LogP contribution in [0.15, 0.2) is 69.2 Å². The minimum absolute atomic E-state index is 0.0379. The molecule has 12 heteroatoms. The Labute approximate surface area is 187 Å². The molecule has 4 aromatic rings. The molecule has 0 saturated carbocycles. The number of anilines is 1. The number of thioether (sulfide) groups is 1. The van der Waals surface area contributed by atoms with Crippen molar-refractivity contribution in [3.05, 3.63) is 79.7 Å². The molecule has 2 N–H and O–H groups in total. The van der Waals surface area contributed by atoms with Crippen LogP contribution < -0.4 is 10.9 Å². The number of non-ortho nitro benzene ring substituents is 1. The van der Waals surface area contributed by atoms with Crippen LogP contribution in [0.2, 0.25) is 0 Å². The van der Waals surface area contributed by atoms with Gasteiger partial charge in [0.05, 0.1) is 22.6 Å². The van der Waals surface area contributed by atoms with Crippen LogP contribution in [-0.2, 0) is 4.79 Å². The van der Waals surface area contributed by atoms with Gasteiger partial charge in [0, 0.05) is 22.3 Å². The lowest BCUT2D eigenvalue weighted by Crippen LogP contribution is -2.15. The molecule has 0 saturated heterocycles. The third kappa shape index (κ3) is 4.64. The van der Waals surface area contributed by atoms with Crippen molar-refractivity contribution in [3.63, 3.8) is 0 Å². The molecular weight excluding hydrogens is 488 g/mol. The van der Waals surface area contributed by atoms with E-state index in [2.05, 4.69) is 36.3 Å². The number of hydrogen-bond donors (Lipinski definition) is 2. The number of nitro benzene ring substituents is 1. The first-order chi connectivity index (χ1) is 14.9. The minimum Gasteiger partial charge on any atom is -0.325 e. The molecule has 1 amide bonds. The van der Waals surface area contributed by atoms with Crippen molar-refractivity contribution in [3.8, 4) is 5.69 Å². The number of amides is 1. The van der Waals surface area contributed by atoms with Crippen molar-refractivity contribution < 1.29 is 9.72 Å². The van der Waals surface area contributed by atoms with Crippen LogP contribution in [-0.4, -0.2) is 36.3 Å². The molecule has 2 aromatic heterocycles. The van der Waals surface area contributed by atoms with E-state index < -0.39 is 10.5 Å². The lowest BCUT2D eigenvalue weighted by molar-refractivity contribution is -0.384. The molecule has 0 aliphatic heterocycles. The summed E-state index contributed by atoms with van der Waals surface area (Å²) in [6, 6.07) is 12.9. The summed E-state index contributed by atoms with van der Waals surface area (Å²) in [5, 5.41) is 18.3. The maximum Gasteiger partial charge on any atom is 0.269 e. The SMILES string of the molecule is O=C(CSc1nc2c(cnn2-c2ccc([N+](=O)[O-])cc2)c(=O)[nH]1)Nc1ccc(Br)cc1. The average Bonchev–Trinajstić information content (AvgIpc) is 3.18. The van der Waals surface area contributed by atoms with Gasteiger partial charge in [0.1, 0.15) is 5.39 Å². The second-order valence-corrected chi connectivity index (χ2v) is 8.16. The fourth-order valence-corrected chi connectivity index (χ4v) is 3.66. The summed E-state index contributed by atoms with van der Waals surface area (Å²) < 4.78 is 2.32. The van der Waals surface area contributed by atoms with E-state index in [1.165, 1.54) is 35.1 Å². The summed E-state index contributed by atoms with van der Waals surface area (Å²) in [6.07, 6.45) is 1.37. The number of aromatic amines is 1. The highest BCUT2D eigenvalue weighted by atomic mass is 79.9. The van der Waals surface area contributed by atoms with E-state index in [0.29, 0.717) is 11.4 Å². The smallest absolute Gasteiger partial charge is 0.269 e. The van der Waals surface area contributed by atoms with Crippen LogP contribution in [0.5, 0.6) is 0 Å². The van der Waals surface area contributed by atoms with E-state index in [1.807, 2.05) is 12.1 Å². The Hall–Kier alpha value is -3.51. The molecule has 0 unspecified atom stereocenters. The highest BCUT2D eigenvalue weighted by molar-refractivity contribution is 9.10. The van der Waals surface area contributed by atoms with Crippen molar-refractivity contribution >= 4 is 56.0 Å². The fourth-order valence-electron chi connectivity index (χ4n) is 2.74. The van der Waals surface area contributed by atoms with E-state index in [4.69, 9.17) is 0 Å². The van der Waals surface area contributed by atoms with Crippen LogP contribution in [0.3, 0.4) is 0 Å². The topological polar surface area (TPSA) is 136 Å². The van der Waals surface area contributed by atoms with Crippen LogP contribution in [0.4, 0.5) is 11.4 Å². The number of carbonyl (C=O) groups excluding carboxylic acids is 1. The summed E-state index contributed by atoms with van der Waals surface area (Å²) in [5.41, 5.74) is 1.01. The zero-order valence-electron chi connectivity index (χ0n) is 15.6. The molecule has 10 nitrogen and oxygen atoms in total. The van der Waals surface area contributed by atoms with E-state index in [1.54, 1.807) is 12.1 Å². The minimum atomic E-state index is -0.498. The summed E-state index contributed by atoms with van der Waals surface area (Å²) in [5.74, 6) is -0.213. The number of halogens is 1. The lowest BCUT2D eigenvalue weighted by atomic mass is 10.3. The zero-order valence-corrected chi connectivity index (χ0v) is 18.0. The van der Waals surface area contributed by atoms with Gasteiger partial charge in [-0.15, -0.1) is 0 Å². The molecule has 0 fully saturated rings. The molecule has 2 heterocycles. The first-order valence-corrected chi connectivity index (χ1v) is 10.6. The van der Waals surface area contributed by atoms with Crippen molar-refractivity contribution in [2.75, 3.05) is 11.1 Å². The number of nitrogens with one attached hydrogen (secondary N) is 2. The predicted molar refractivity (Wildman–Crippen MR) is 120 cm³/mol. The summed E-state index contributed by atoms with van der Waals surface area (Å²) in [6.45, 7) is 0. The highest BCUT2D eigenvalue weighted by Crippen LogP contribution is 2.20. The van der Waals surface area contributed by atoms with Crippen LogP contribution >= 0.6 is 27.7 Å². The number of nitro groups is 1. The van der Waals surface area contributed by atoms with Crippen molar-refractivity contribution in [2.45, 2.75) is 5.16 Å². The normalized spacial score (nSPS) is 10.9. The molecule has 0 bridgehead atoms. The van der Waals surface area contributed by atoms with Gasteiger partial charge >= 0.3 is 0 Å². The van der Waals surface area contributed by atoms with Gasteiger partial charge in [-0.25, -0.2) is 9.67 Å². The Morgan fingerprint density at radius 3 is 2.58 bits per heavy atom. The van der Waals surface area contributed by atoms with Crippen molar-refractivity contribution in [1.82, 2.24) is 19.7 Å². The van der Waals surface area contributed by atoms with Crippen LogP contribution in [0.1, 0.15) is 0 Å². The van der Waals surface area contributed by atoms with Gasteiger partial charge in [0.2, 0.25) is 5.91 Å². The number of benzene rings is 2. The van der Waals surface area contributed by atoms with Crippen LogP contribution in [0, 0.1) is 10.1 Å². The number of H-pyrrole nitrogens is 1. The Balaban J connectivity index is 1.54. The third-order valence-electron chi connectivity index (χ3n) is 4.19. The Morgan fingerprint density at radius 2 is 1.90 bits per heavy atom. The molecular formula is C19H13BrN6O4S. The van der Waals surface area contributed by atoms with Gasteiger partial charge in [-0.2, -0.15) is 5.10 Å². The number of rotatable bonds is 6. The Morgan fingerprint density at radius 1 is 1.19 bits per heavy atom. The van der Waals surface area contributed by atoms with Gasteiger partial charge in [0.15, 0.2) is 10.8 Å². The number of carbonyl (C=O) groups is 1. The standard InChI is InChI=1S/C19H13BrN6O4S/c20-11-1-3-12(4-2-11)22-16(27)10-31-19-23-17-15(18(28)24-19)9-21-25(17)13-5-7-14(8-6-13)26(29)30/h1-9H,10H2,(H,22,27)(H,23,24,28). The molecule has 0 aliphatic rings. The first-order valence-electron chi connectivity index (χ1n) is 8.82. The first kappa shape index (κ1) is 20.8. The van der Waals surface area contributed by atoms with Gasteiger partial charge in [-0.3, -0.25) is 19.7 Å². The highest BCUT2D eigenvalue weighted by Gasteiger charge is 2.14. The molecule has 0 radical (unpaired) electrons. The molecule has 0 atom stereocenters. The largest absolute Gasteiger partial charge is 0.325 e. The molecule has 0 spiro atoms. The van der Waals surface area contributed by atoms with E-state index in [-0.39, 0.29) is 33.5 Å².